The van der Waals surface area contributed by atoms with E-state index in [2.05, 4.69) is 27.2 Å². The van der Waals surface area contributed by atoms with Crippen LogP contribution in [0.25, 0.3) is 0 Å². The molecule has 2 fully saturated rings. The van der Waals surface area contributed by atoms with E-state index in [1.165, 1.54) is 51.6 Å². The van der Waals surface area contributed by atoms with Crippen molar-refractivity contribution >= 4 is 5.91 Å². The Labute approximate surface area is 174 Å². The maximum atomic E-state index is 13.1. The van der Waals surface area contributed by atoms with E-state index in [1.807, 2.05) is 25.2 Å². The lowest BCUT2D eigenvalue weighted by atomic mass is 9.87. The summed E-state index contributed by atoms with van der Waals surface area (Å²) in [6, 6.07) is 10.1. The summed E-state index contributed by atoms with van der Waals surface area (Å²) in [6.07, 6.45) is 11.0. The van der Waals surface area contributed by atoms with E-state index in [4.69, 9.17) is 0 Å². The summed E-state index contributed by atoms with van der Waals surface area (Å²) in [5.74, 6) is 1.29. The van der Waals surface area contributed by atoms with E-state index in [0.29, 0.717) is 12.5 Å². The number of amides is 1. The first-order valence-electron chi connectivity index (χ1n) is 11.3. The zero-order valence-corrected chi connectivity index (χ0v) is 17.6. The van der Waals surface area contributed by atoms with Crippen LogP contribution in [0.3, 0.4) is 0 Å². The topological polar surface area (TPSA) is 52.2 Å². The monoisotopic (exact) mass is 394 g/mol. The Balaban J connectivity index is 1.40. The van der Waals surface area contributed by atoms with Crippen molar-refractivity contribution in [3.63, 3.8) is 0 Å². The van der Waals surface area contributed by atoms with Gasteiger partial charge in [0.15, 0.2) is 0 Å². The number of benzene rings is 1. The van der Waals surface area contributed by atoms with Gasteiger partial charge in [0, 0.05) is 32.6 Å². The van der Waals surface area contributed by atoms with Gasteiger partial charge in [0.05, 0.1) is 17.5 Å². The molecule has 0 radical (unpaired) electrons. The van der Waals surface area contributed by atoms with Gasteiger partial charge in [0.2, 0.25) is 0 Å². The number of rotatable bonds is 6. The average Bonchev–Trinajstić information content (AvgIpc) is 3.25. The molecule has 5 nitrogen and oxygen atoms in total. The average molecular weight is 395 g/mol. The summed E-state index contributed by atoms with van der Waals surface area (Å²) in [6.45, 7) is 4.07. The maximum Gasteiger partial charge on any atom is 0.257 e. The minimum atomic E-state index is 0.0574. The van der Waals surface area contributed by atoms with Gasteiger partial charge in [0.25, 0.3) is 5.91 Å². The molecule has 1 aromatic carbocycles. The van der Waals surface area contributed by atoms with Crippen molar-refractivity contribution in [2.24, 2.45) is 5.92 Å². The lowest BCUT2D eigenvalue weighted by Gasteiger charge is -2.36. The number of hydrogen-bond acceptors (Lipinski definition) is 3. The highest BCUT2D eigenvalue weighted by Gasteiger charge is 2.29. The van der Waals surface area contributed by atoms with Gasteiger partial charge in [-0.2, -0.15) is 5.10 Å². The third kappa shape index (κ3) is 5.08. The maximum absolute atomic E-state index is 13.1. The number of aromatic nitrogens is 2. The summed E-state index contributed by atoms with van der Waals surface area (Å²) < 4.78 is 0. The highest BCUT2D eigenvalue weighted by molar-refractivity contribution is 5.95. The normalized spacial score (nSPS) is 21.2. The molecule has 1 aliphatic carbocycles. The van der Waals surface area contributed by atoms with Crippen molar-refractivity contribution in [1.29, 1.82) is 0 Å². The Morgan fingerprint density at radius 3 is 2.72 bits per heavy atom. The molecule has 1 aromatic heterocycles. The van der Waals surface area contributed by atoms with Crippen LogP contribution in [0.4, 0.5) is 0 Å². The zero-order valence-electron chi connectivity index (χ0n) is 17.6. The van der Waals surface area contributed by atoms with Gasteiger partial charge in [-0.25, -0.2) is 0 Å². The number of carbonyl (C=O) groups is 1. The van der Waals surface area contributed by atoms with Crippen LogP contribution < -0.4 is 0 Å². The summed E-state index contributed by atoms with van der Waals surface area (Å²) in [5.41, 5.74) is 2.92. The van der Waals surface area contributed by atoms with E-state index in [0.717, 1.165) is 35.7 Å². The second-order valence-electron chi connectivity index (χ2n) is 8.95. The Morgan fingerprint density at radius 2 is 1.93 bits per heavy atom. The molecule has 1 atom stereocenters. The number of piperidine rings is 1. The molecule has 2 aliphatic rings. The molecule has 2 aromatic rings. The van der Waals surface area contributed by atoms with Crippen molar-refractivity contribution < 1.29 is 4.79 Å². The van der Waals surface area contributed by atoms with Crippen LogP contribution in [-0.2, 0) is 6.54 Å². The highest BCUT2D eigenvalue weighted by Crippen LogP contribution is 2.31. The molecule has 1 aliphatic heterocycles. The third-order valence-corrected chi connectivity index (χ3v) is 6.66. The van der Waals surface area contributed by atoms with Crippen molar-refractivity contribution in [3.8, 4) is 0 Å². The fraction of sp³-hybridized carbons (Fsp3) is 0.583. The molecule has 2 heterocycles. The first kappa shape index (κ1) is 20.1. The molecule has 156 valence electrons. The van der Waals surface area contributed by atoms with Gasteiger partial charge < -0.3 is 9.80 Å². The summed E-state index contributed by atoms with van der Waals surface area (Å²) >= 11 is 0. The van der Waals surface area contributed by atoms with Gasteiger partial charge in [-0.3, -0.25) is 9.89 Å². The molecule has 1 amide bonds. The van der Waals surface area contributed by atoms with E-state index in [9.17, 15) is 4.79 Å². The molecule has 1 N–H and O–H groups in total. The van der Waals surface area contributed by atoms with Gasteiger partial charge >= 0.3 is 0 Å². The van der Waals surface area contributed by atoms with E-state index < -0.39 is 0 Å². The Bertz CT molecular complexity index is 781. The molecule has 5 heteroatoms. The predicted molar refractivity (Wildman–Crippen MR) is 116 cm³/mol. The molecular formula is C24H34N4O. The Kier molecular flexibility index (Phi) is 6.65. The molecular weight excluding hydrogens is 360 g/mol. The van der Waals surface area contributed by atoms with Gasteiger partial charge in [-0.05, 0) is 43.7 Å². The van der Waals surface area contributed by atoms with Crippen molar-refractivity contribution in [3.05, 3.63) is 53.3 Å². The lowest BCUT2D eigenvalue weighted by molar-refractivity contribution is 0.0782. The molecule has 29 heavy (non-hydrogen) atoms. The van der Waals surface area contributed by atoms with E-state index >= 15 is 0 Å². The Morgan fingerprint density at radius 1 is 1.14 bits per heavy atom. The molecule has 1 unspecified atom stereocenters. The summed E-state index contributed by atoms with van der Waals surface area (Å²) in [7, 11) is 1.88. The zero-order chi connectivity index (χ0) is 20.1. The molecule has 1 saturated heterocycles. The fourth-order valence-corrected chi connectivity index (χ4v) is 5.10. The van der Waals surface area contributed by atoms with Crippen LogP contribution >= 0.6 is 0 Å². The van der Waals surface area contributed by atoms with Crippen LogP contribution in [0.15, 0.2) is 36.5 Å². The standard InChI is InChI=1S/C24H34N4O/c1-27(16-19-9-4-2-5-10-19)24(29)22-15-25-26-23(22)21-13-8-14-28(18-21)17-20-11-6-3-7-12-20/h2,4-5,9-10,15,20-21H,3,6-8,11-14,16-18H2,1H3,(H,25,26). The summed E-state index contributed by atoms with van der Waals surface area (Å²) in [4.78, 5) is 17.6. The van der Waals surface area contributed by atoms with Gasteiger partial charge in [-0.15, -0.1) is 0 Å². The smallest absolute Gasteiger partial charge is 0.257 e. The Hall–Kier alpha value is -2.14. The largest absolute Gasteiger partial charge is 0.337 e. The van der Waals surface area contributed by atoms with Crippen molar-refractivity contribution in [1.82, 2.24) is 20.0 Å². The van der Waals surface area contributed by atoms with Crippen LogP contribution in [0.2, 0.25) is 0 Å². The number of nitrogens with zero attached hydrogens (tertiary/aromatic N) is 3. The molecule has 4 rings (SSSR count). The molecule has 0 bridgehead atoms. The minimum Gasteiger partial charge on any atom is -0.337 e. The second kappa shape index (κ2) is 9.57. The second-order valence-corrected chi connectivity index (χ2v) is 8.95. The summed E-state index contributed by atoms with van der Waals surface area (Å²) in [5, 5.41) is 7.43. The first-order chi connectivity index (χ1) is 14.2. The van der Waals surface area contributed by atoms with E-state index in [-0.39, 0.29) is 5.91 Å². The first-order valence-corrected chi connectivity index (χ1v) is 11.3. The number of nitrogens with one attached hydrogen (secondary N) is 1. The minimum absolute atomic E-state index is 0.0574. The lowest BCUT2D eigenvalue weighted by Crippen LogP contribution is -2.39. The van der Waals surface area contributed by atoms with Crippen LogP contribution in [-0.4, -0.2) is 52.6 Å². The third-order valence-electron chi connectivity index (χ3n) is 6.66. The number of carbonyl (C=O) groups excluding carboxylic acids is 1. The SMILES string of the molecule is CN(Cc1ccccc1)C(=O)c1cn[nH]c1C1CCCN(CC2CCCCC2)C1. The van der Waals surface area contributed by atoms with Gasteiger partial charge in [0.1, 0.15) is 0 Å². The van der Waals surface area contributed by atoms with E-state index in [1.54, 1.807) is 11.1 Å². The highest BCUT2D eigenvalue weighted by atomic mass is 16.2. The van der Waals surface area contributed by atoms with Crippen molar-refractivity contribution in [2.75, 3.05) is 26.7 Å². The number of hydrogen-bond donors (Lipinski definition) is 1. The fourth-order valence-electron chi connectivity index (χ4n) is 5.10. The number of H-pyrrole nitrogens is 1. The van der Waals surface area contributed by atoms with Gasteiger partial charge in [-0.1, -0.05) is 49.6 Å². The van der Waals surface area contributed by atoms with Crippen LogP contribution in [0.5, 0.6) is 0 Å². The predicted octanol–water partition coefficient (Wildman–Crippen LogP) is 4.44. The van der Waals surface area contributed by atoms with Crippen LogP contribution in [0.1, 0.15) is 72.5 Å². The number of likely N-dealkylation sites (tertiary alicyclic amines) is 1. The van der Waals surface area contributed by atoms with Crippen molar-refractivity contribution in [2.45, 2.75) is 57.4 Å². The molecule has 0 spiro atoms. The quantitative estimate of drug-likeness (QED) is 0.788. The number of aromatic amines is 1. The molecule has 1 saturated carbocycles. The van der Waals surface area contributed by atoms with Crippen LogP contribution in [0, 0.1) is 5.92 Å².